The molecule has 0 bridgehead atoms. The Kier molecular flexibility index (Phi) is 1.92. The van der Waals surface area contributed by atoms with E-state index >= 15 is 0 Å². The summed E-state index contributed by atoms with van der Waals surface area (Å²) in [5.74, 6) is 0.815. The fourth-order valence-corrected chi connectivity index (χ4v) is 1.94. The zero-order valence-corrected chi connectivity index (χ0v) is 8.34. The minimum absolute atomic E-state index is 0.579. The lowest BCUT2D eigenvalue weighted by Gasteiger charge is -2.55. The molecule has 2 fully saturated rings. The largest absolute Gasteiger partial charge is 0.378 e. The summed E-state index contributed by atoms with van der Waals surface area (Å²) in [5, 5.41) is 0. The third-order valence-corrected chi connectivity index (χ3v) is 3.66. The molecule has 2 rings (SSSR count). The van der Waals surface area contributed by atoms with Gasteiger partial charge in [0.05, 0.1) is 19.3 Å². The summed E-state index contributed by atoms with van der Waals surface area (Å²) in [6.07, 6.45) is 0. The van der Waals surface area contributed by atoms with Gasteiger partial charge in [0, 0.05) is 13.1 Å². The van der Waals surface area contributed by atoms with E-state index in [2.05, 4.69) is 25.7 Å². The maximum absolute atomic E-state index is 5.18. The van der Waals surface area contributed by atoms with Gasteiger partial charge in [0.25, 0.3) is 0 Å². The molecular formula is C10H19NO. The molecule has 0 saturated carbocycles. The van der Waals surface area contributed by atoms with Gasteiger partial charge >= 0.3 is 0 Å². The fraction of sp³-hybridized carbons (Fsp3) is 1.00. The van der Waals surface area contributed by atoms with Crippen LogP contribution in [0.4, 0.5) is 0 Å². The first-order valence-electron chi connectivity index (χ1n) is 4.93. The van der Waals surface area contributed by atoms with Crippen molar-refractivity contribution in [1.29, 1.82) is 0 Å². The minimum Gasteiger partial charge on any atom is -0.378 e. The molecule has 0 aromatic carbocycles. The zero-order valence-electron chi connectivity index (χ0n) is 8.34. The summed E-state index contributed by atoms with van der Waals surface area (Å²) in [7, 11) is 0. The average molecular weight is 169 g/mol. The smallest absolute Gasteiger partial charge is 0.0645 e. The lowest BCUT2D eigenvalue weighted by molar-refractivity contribution is -0.137. The fourth-order valence-electron chi connectivity index (χ4n) is 1.94. The molecule has 2 aliphatic rings. The maximum Gasteiger partial charge on any atom is 0.0645 e. The van der Waals surface area contributed by atoms with Crippen LogP contribution in [0.3, 0.4) is 0 Å². The number of nitrogens with zero attached hydrogens (tertiary/aromatic N) is 1. The van der Waals surface area contributed by atoms with Gasteiger partial charge in [0.2, 0.25) is 0 Å². The second-order valence-electron chi connectivity index (χ2n) is 4.90. The van der Waals surface area contributed by atoms with E-state index in [1.165, 1.54) is 13.1 Å². The third-order valence-electron chi connectivity index (χ3n) is 3.66. The molecule has 2 heteroatoms. The van der Waals surface area contributed by atoms with E-state index in [-0.39, 0.29) is 0 Å². The first-order chi connectivity index (χ1) is 5.62. The van der Waals surface area contributed by atoms with Crippen LogP contribution in [0.15, 0.2) is 0 Å². The summed E-state index contributed by atoms with van der Waals surface area (Å²) in [4.78, 5) is 2.56. The number of hydrogen-bond donors (Lipinski definition) is 0. The minimum atomic E-state index is 0.579. The van der Waals surface area contributed by atoms with Crippen molar-refractivity contribution in [3.63, 3.8) is 0 Å². The van der Waals surface area contributed by atoms with Gasteiger partial charge in [-0.2, -0.15) is 0 Å². The topological polar surface area (TPSA) is 12.5 Å². The van der Waals surface area contributed by atoms with Crippen molar-refractivity contribution in [3.8, 4) is 0 Å². The van der Waals surface area contributed by atoms with Crippen LogP contribution in [0, 0.1) is 11.3 Å². The number of likely N-dealkylation sites (tertiary alicyclic amines) is 1. The molecule has 0 atom stereocenters. The highest BCUT2D eigenvalue weighted by Crippen LogP contribution is 2.39. The Morgan fingerprint density at radius 1 is 1.33 bits per heavy atom. The molecule has 2 aliphatic heterocycles. The van der Waals surface area contributed by atoms with Crippen LogP contribution in [-0.2, 0) is 4.74 Å². The van der Waals surface area contributed by atoms with Crippen LogP contribution in [0.1, 0.15) is 20.8 Å². The second kappa shape index (κ2) is 2.71. The normalized spacial score (nSPS) is 30.0. The molecule has 2 saturated heterocycles. The standard InChI is InChI=1S/C10H19NO/c1-8(2)10(3)6-11(7-10)9-4-12-5-9/h8-9H,4-7H2,1-3H3. The predicted molar refractivity (Wildman–Crippen MR) is 49.1 cm³/mol. The van der Waals surface area contributed by atoms with Crippen molar-refractivity contribution < 1.29 is 4.74 Å². The Bertz CT molecular complexity index is 169. The lowest BCUT2D eigenvalue weighted by Crippen LogP contribution is -2.65. The van der Waals surface area contributed by atoms with Gasteiger partial charge in [-0.15, -0.1) is 0 Å². The molecule has 0 unspecified atom stereocenters. The molecule has 0 spiro atoms. The Labute approximate surface area is 74.9 Å². The molecule has 0 aliphatic carbocycles. The van der Waals surface area contributed by atoms with E-state index in [1.54, 1.807) is 0 Å². The molecule has 12 heavy (non-hydrogen) atoms. The summed E-state index contributed by atoms with van der Waals surface area (Å²) in [6.45, 7) is 11.5. The third kappa shape index (κ3) is 1.17. The number of rotatable bonds is 2. The van der Waals surface area contributed by atoms with Crippen LogP contribution in [-0.4, -0.2) is 37.2 Å². The molecule has 2 heterocycles. The van der Waals surface area contributed by atoms with E-state index in [0.717, 1.165) is 25.2 Å². The lowest BCUT2D eigenvalue weighted by atomic mass is 9.72. The Morgan fingerprint density at radius 2 is 1.92 bits per heavy atom. The quantitative estimate of drug-likeness (QED) is 0.619. The second-order valence-corrected chi connectivity index (χ2v) is 4.90. The molecule has 0 aromatic heterocycles. The highest BCUT2D eigenvalue weighted by Gasteiger charge is 2.45. The molecule has 2 nitrogen and oxygen atoms in total. The van der Waals surface area contributed by atoms with E-state index in [1.807, 2.05) is 0 Å². The summed E-state index contributed by atoms with van der Waals surface area (Å²) in [5.41, 5.74) is 0.579. The number of ether oxygens (including phenoxy) is 1. The molecule has 0 N–H and O–H groups in total. The molecule has 70 valence electrons. The van der Waals surface area contributed by atoms with Gasteiger partial charge in [0.1, 0.15) is 0 Å². The molecule has 0 aromatic rings. The van der Waals surface area contributed by atoms with Crippen LogP contribution in [0.5, 0.6) is 0 Å². The van der Waals surface area contributed by atoms with Gasteiger partial charge in [-0.25, -0.2) is 0 Å². The van der Waals surface area contributed by atoms with Crippen molar-refractivity contribution in [3.05, 3.63) is 0 Å². The predicted octanol–water partition coefficient (Wildman–Crippen LogP) is 1.36. The first-order valence-corrected chi connectivity index (χ1v) is 4.93. The van der Waals surface area contributed by atoms with Gasteiger partial charge in [0.15, 0.2) is 0 Å². The number of hydrogen-bond acceptors (Lipinski definition) is 2. The zero-order chi connectivity index (χ0) is 8.77. The summed E-state index contributed by atoms with van der Waals surface area (Å²) < 4.78 is 5.18. The first kappa shape index (κ1) is 8.52. The highest BCUT2D eigenvalue weighted by molar-refractivity contribution is 4.97. The van der Waals surface area contributed by atoms with Crippen LogP contribution in [0.25, 0.3) is 0 Å². The Balaban J connectivity index is 1.81. The van der Waals surface area contributed by atoms with E-state index in [9.17, 15) is 0 Å². The van der Waals surface area contributed by atoms with Crippen molar-refractivity contribution in [1.82, 2.24) is 4.90 Å². The molecular weight excluding hydrogens is 150 g/mol. The van der Waals surface area contributed by atoms with Gasteiger partial charge in [-0.3, -0.25) is 4.90 Å². The van der Waals surface area contributed by atoms with E-state index < -0.39 is 0 Å². The van der Waals surface area contributed by atoms with Crippen LogP contribution in [0.2, 0.25) is 0 Å². The summed E-state index contributed by atoms with van der Waals surface area (Å²) in [6, 6.07) is 0.747. The van der Waals surface area contributed by atoms with Crippen molar-refractivity contribution in [2.45, 2.75) is 26.8 Å². The highest BCUT2D eigenvalue weighted by atomic mass is 16.5. The van der Waals surface area contributed by atoms with Gasteiger partial charge in [-0.1, -0.05) is 20.8 Å². The van der Waals surface area contributed by atoms with Gasteiger partial charge < -0.3 is 4.74 Å². The van der Waals surface area contributed by atoms with E-state index in [0.29, 0.717) is 5.41 Å². The maximum atomic E-state index is 5.18. The van der Waals surface area contributed by atoms with Crippen LogP contribution < -0.4 is 0 Å². The SMILES string of the molecule is CC(C)C1(C)CN(C2COC2)C1. The molecule has 0 amide bonds. The summed E-state index contributed by atoms with van der Waals surface area (Å²) >= 11 is 0. The van der Waals surface area contributed by atoms with Crippen LogP contribution >= 0.6 is 0 Å². The van der Waals surface area contributed by atoms with Crippen molar-refractivity contribution in [2.75, 3.05) is 26.3 Å². The van der Waals surface area contributed by atoms with E-state index in [4.69, 9.17) is 4.74 Å². The van der Waals surface area contributed by atoms with Crippen molar-refractivity contribution >= 4 is 0 Å². The van der Waals surface area contributed by atoms with Gasteiger partial charge in [-0.05, 0) is 11.3 Å². The Morgan fingerprint density at radius 3 is 2.25 bits per heavy atom. The Hall–Kier alpha value is -0.0800. The monoisotopic (exact) mass is 169 g/mol. The average Bonchev–Trinajstić information content (AvgIpc) is 1.79. The molecule has 0 radical (unpaired) electrons. The van der Waals surface area contributed by atoms with Crippen molar-refractivity contribution in [2.24, 2.45) is 11.3 Å².